The van der Waals surface area contributed by atoms with E-state index in [2.05, 4.69) is 10.7 Å². The molecular weight excluding hydrogens is 390 g/mol. The van der Waals surface area contributed by atoms with E-state index in [0.29, 0.717) is 28.6 Å². The molecule has 1 aliphatic carbocycles. The van der Waals surface area contributed by atoms with Crippen LogP contribution in [0.2, 0.25) is 5.02 Å². The van der Waals surface area contributed by atoms with E-state index < -0.39 is 42.6 Å². The summed E-state index contributed by atoms with van der Waals surface area (Å²) in [6.45, 7) is -1.07. The summed E-state index contributed by atoms with van der Waals surface area (Å²) in [6.07, 6.45) is 3.75. The Morgan fingerprint density at radius 2 is 1.93 bits per heavy atom. The zero-order valence-electron chi connectivity index (χ0n) is 15.0. The van der Waals surface area contributed by atoms with Gasteiger partial charge in [0.25, 0.3) is 11.8 Å². The molecular formula is C18H20ClN3O6. The van der Waals surface area contributed by atoms with E-state index in [9.17, 15) is 19.2 Å². The van der Waals surface area contributed by atoms with Crippen molar-refractivity contribution < 1.29 is 28.7 Å². The number of carbonyl (C=O) groups excluding carboxylic acids is 4. The average molecular weight is 410 g/mol. The number of imide groups is 1. The molecule has 0 radical (unpaired) electrons. The van der Waals surface area contributed by atoms with Crippen LogP contribution in [0.4, 0.5) is 4.79 Å². The van der Waals surface area contributed by atoms with Crippen LogP contribution >= 0.6 is 11.6 Å². The molecule has 1 spiro atoms. The van der Waals surface area contributed by atoms with Gasteiger partial charge in [-0.15, -0.1) is 0 Å². The van der Waals surface area contributed by atoms with Gasteiger partial charge >= 0.3 is 12.0 Å². The molecule has 1 saturated heterocycles. The van der Waals surface area contributed by atoms with Crippen LogP contribution in [0, 0.1) is 0 Å². The molecule has 0 atom stereocenters. The summed E-state index contributed by atoms with van der Waals surface area (Å²) in [4.78, 5) is 48.3. The minimum atomic E-state index is -0.940. The van der Waals surface area contributed by atoms with Crippen molar-refractivity contribution in [2.75, 3.05) is 13.2 Å². The van der Waals surface area contributed by atoms with Crippen LogP contribution in [-0.2, 0) is 19.1 Å². The van der Waals surface area contributed by atoms with Crippen LogP contribution in [0.1, 0.15) is 32.1 Å². The van der Waals surface area contributed by atoms with Crippen molar-refractivity contribution in [1.29, 1.82) is 0 Å². The highest BCUT2D eigenvalue weighted by Gasteiger charge is 2.52. The molecule has 1 heterocycles. The fourth-order valence-electron chi connectivity index (χ4n) is 3.26. The minimum absolute atomic E-state index is 0.381. The van der Waals surface area contributed by atoms with Crippen molar-refractivity contribution in [3.05, 3.63) is 29.3 Å². The lowest BCUT2D eigenvalue weighted by molar-refractivity contribution is -0.152. The monoisotopic (exact) mass is 409 g/mol. The molecule has 0 aromatic heterocycles. The van der Waals surface area contributed by atoms with Gasteiger partial charge in [-0.3, -0.25) is 15.0 Å². The summed E-state index contributed by atoms with van der Waals surface area (Å²) in [6, 6.07) is 5.78. The molecule has 1 aromatic carbocycles. The van der Waals surface area contributed by atoms with Gasteiger partial charge in [0.1, 0.15) is 11.3 Å². The maximum atomic E-state index is 12.5. The van der Waals surface area contributed by atoms with Crippen LogP contribution < -0.4 is 15.5 Å². The van der Waals surface area contributed by atoms with Crippen molar-refractivity contribution in [3.63, 3.8) is 0 Å². The van der Waals surface area contributed by atoms with Crippen LogP contribution in [0.5, 0.6) is 5.75 Å². The molecule has 150 valence electrons. The SMILES string of the molecule is O=C(COC(=O)COc1cccc(Cl)c1)NN1C(=O)NC2(CCCCC2)C1=O. The van der Waals surface area contributed by atoms with E-state index in [-0.39, 0.29) is 0 Å². The number of benzene rings is 1. The fraction of sp³-hybridized carbons (Fsp3) is 0.444. The van der Waals surface area contributed by atoms with E-state index in [0.717, 1.165) is 19.3 Å². The number of ether oxygens (including phenoxy) is 2. The average Bonchev–Trinajstić information content (AvgIpc) is 2.89. The number of urea groups is 1. The molecule has 1 saturated carbocycles. The van der Waals surface area contributed by atoms with Crippen LogP contribution in [0.15, 0.2) is 24.3 Å². The number of hydrazine groups is 1. The number of hydrogen-bond acceptors (Lipinski definition) is 6. The third-order valence-electron chi connectivity index (χ3n) is 4.62. The Morgan fingerprint density at radius 1 is 1.18 bits per heavy atom. The molecule has 4 amide bonds. The molecule has 3 rings (SSSR count). The third-order valence-corrected chi connectivity index (χ3v) is 4.86. The van der Waals surface area contributed by atoms with Gasteiger partial charge in [0.2, 0.25) is 0 Å². The van der Waals surface area contributed by atoms with Gasteiger partial charge in [0.05, 0.1) is 0 Å². The Kier molecular flexibility index (Phi) is 6.03. The maximum Gasteiger partial charge on any atom is 0.344 e. The molecule has 2 aliphatic rings. The van der Waals surface area contributed by atoms with E-state index >= 15 is 0 Å². The van der Waals surface area contributed by atoms with Gasteiger partial charge in [-0.2, -0.15) is 5.01 Å². The van der Waals surface area contributed by atoms with Crippen LogP contribution in [0.3, 0.4) is 0 Å². The minimum Gasteiger partial charge on any atom is -0.482 e. The Morgan fingerprint density at radius 3 is 2.64 bits per heavy atom. The predicted octanol–water partition coefficient (Wildman–Crippen LogP) is 1.55. The first-order chi connectivity index (χ1) is 13.4. The first kappa shape index (κ1) is 19.9. The van der Waals surface area contributed by atoms with Gasteiger partial charge in [-0.05, 0) is 31.0 Å². The van der Waals surface area contributed by atoms with Gasteiger partial charge in [0.15, 0.2) is 13.2 Å². The summed E-state index contributed by atoms with van der Waals surface area (Å²) in [7, 11) is 0. The highest BCUT2D eigenvalue weighted by atomic mass is 35.5. The summed E-state index contributed by atoms with van der Waals surface area (Å²) in [5.41, 5.74) is 1.24. The number of hydrogen-bond donors (Lipinski definition) is 2. The molecule has 0 unspecified atom stereocenters. The second-order valence-corrected chi connectivity index (χ2v) is 7.09. The van der Waals surface area contributed by atoms with Gasteiger partial charge in [-0.25, -0.2) is 9.59 Å². The topological polar surface area (TPSA) is 114 Å². The summed E-state index contributed by atoms with van der Waals surface area (Å²) < 4.78 is 10.00. The number of nitrogens with zero attached hydrogens (tertiary/aromatic N) is 1. The summed E-state index contributed by atoms with van der Waals surface area (Å²) in [5, 5.41) is 3.78. The molecule has 28 heavy (non-hydrogen) atoms. The van der Waals surface area contributed by atoms with E-state index in [4.69, 9.17) is 21.1 Å². The highest BCUT2D eigenvalue weighted by Crippen LogP contribution is 2.32. The fourth-order valence-corrected chi connectivity index (χ4v) is 3.44. The van der Waals surface area contributed by atoms with Crippen molar-refractivity contribution >= 4 is 35.4 Å². The standard InChI is InChI=1S/C18H20ClN3O6/c19-12-5-4-6-13(9-12)27-11-15(24)28-10-14(23)21-22-16(25)18(20-17(22)26)7-2-1-3-8-18/h4-6,9H,1-3,7-8,10-11H2,(H,20,26)(H,21,23). The number of amides is 4. The Balaban J connectivity index is 1.44. The van der Waals surface area contributed by atoms with Crippen molar-refractivity contribution in [1.82, 2.24) is 15.8 Å². The molecule has 1 aromatic rings. The van der Waals surface area contributed by atoms with Crippen molar-refractivity contribution in [3.8, 4) is 5.75 Å². The van der Waals surface area contributed by atoms with Gasteiger partial charge in [0, 0.05) is 5.02 Å². The van der Waals surface area contributed by atoms with E-state index in [1.807, 2.05) is 0 Å². The van der Waals surface area contributed by atoms with Crippen molar-refractivity contribution in [2.45, 2.75) is 37.6 Å². The number of carbonyl (C=O) groups is 4. The Bertz CT molecular complexity index is 793. The van der Waals surface area contributed by atoms with Gasteiger partial charge in [-0.1, -0.05) is 36.9 Å². The number of halogens is 1. The third kappa shape index (κ3) is 4.53. The lowest BCUT2D eigenvalue weighted by atomic mass is 9.82. The zero-order valence-corrected chi connectivity index (χ0v) is 15.8. The number of esters is 1. The lowest BCUT2D eigenvalue weighted by Crippen LogP contribution is -2.51. The lowest BCUT2D eigenvalue weighted by Gasteiger charge is -2.30. The van der Waals surface area contributed by atoms with Crippen LogP contribution in [0.25, 0.3) is 0 Å². The molecule has 9 nitrogen and oxygen atoms in total. The zero-order chi connectivity index (χ0) is 20.1. The highest BCUT2D eigenvalue weighted by molar-refractivity contribution is 6.30. The summed E-state index contributed by atoms with van der Waals surface area (Å²) >= 11 is 5.81. The quantitative estimate of drug-likeness (QED) is 0.544. The first-order valence-corrected chi connectivity index (χ1v) is 9.28. The Hall–Kier alpha value is -2.81. The smallest absolute Gasteiger partial charge is 0.344 e. The van der Waals surface area contributed by atoms with E-state index in [1.54, 1.807) is 18.2 Å². The Labute approximate surface area is 166 Å². The normalized spacial score (nSPS) is 18.0. The molecule has 0 bridgehead atoms. The number of nitrogens with one attached hydrogen (secondary N) is 2. The largest absolute Gasteiger partial charge is 0.482 e. The maximum absolute atomic E-state index is 12.5. The molecule has 2 N–H and O–H groups in total. The second-order valence-electron chi connectivity index (χ2n) is 6.66. The molecule has 2 fully saturated rings. The summed E-state index contributed by atoms with van der Waals surface area (Å²) in [5.74, 6) is -1.68. The van der Waals surface area contributed by atoms with Gasteiger partial charge < -0.3 is 14.8 Å². The van der Waals surface area contributed by atoms with E-state index in [1.165, 1.54) is 6.07 Å². The second kappa shape index (κ2) is 8.47. The van der Waals surface area contributed by atoms with Crippen LogP contribution in [-0.4, -0.2) is 47.6 Å². The number of rotatable bonds is 6. The predicted molar refractivity (Wildman–Crippen MR) is 97.2 cm³/mol. The van der Waals surface area contributed by atoms with Crippen molar-refractivity contribution in [2.24, 2.45) is 0 Å². The first-order valence-electron chi connectivity index (χ1n) is 8.90. The molecule has 10 heteroatoms. The molecule has 1 aliphatic heterocycles.